The van der Waals surface area contributed by atoms with Crippen LogP contribution in [0, 0.1) is 23.7 Å². The van der Waals surface area contributed by atoms with Crippen molar-refractivity contribution in [1.29, 1.82) is 0 Å². The van der Waals surface area contributed by atoms with Crippen LogP contribution in [-0.4, -0.2) is 128 Å². The van der Waals surface area contributed by atoms with Crippen molar-refractivity contribution in [2.24, 2.45) is 0 Å². The highest BCUT2D eigenvalue weighted by atomic mass is 16.8. The van der Waals surface area contributed by atoms with Crippen LogP contribution in [0.3, 0.4) is 0 Å². The average Bonchev–Trinajstić information content (AvgIpc) is 2.84. The molecule has 0 aromatic carbocycles. The molecular weight excluding hydrogens is 472 g/mol. The minimum atomic E-state index is -1.75. The molecule has 2 fully saturated rings. The van der Waals surface area contributed by atoms with E-state index in [0.717, 1.165) is 0 Å². The number of carbonyl (C=O) groups is 1. The lowest BCUT2D eigenvalue weighted by molar-refractivity contribution is -0.367. The zero-order valence-corrected chi connectivity index (χ0v) is 18.8. The number of aliphatic hydroxyl groups excluding tert-OH is 7. The van der Waals surface area contributed by atoms with E-state index in [-0.39, 0.29) is 19.4 Å². The Labute approximate surface area is 201 Å². The number of hydrogen-bond acceptors (Lipinski definition) is 12. The Kier molecular flexibility index (Phi) is 12.3. The second kappa shape index (κ2) is 14.6. The lowest BCUT2D eigenvalue weighted by atomic mass is 9.97. The number of rotatable bonds is 10. The van der Waals surface area contributed by atoms with Gasteiger partial charge in [-0.25, -0.2) is 0 Å². The van der Waals surface area contributed by atoms with Crippen LogP contribution < -0.4 is 0 Å². The fourth-order valence-corrected chi connectivity index (χ4v) is 3.41. The normalized spacial score (nSPS) is 37.0. The molecule has 2 aliphatic rings. The Morgan fingerprint density at radius 1 is 0.771 bits per heavy atom. The van der Waals surface area contributed by atoms with Crippen LogP contribution in [0.1, 0.15) is 25.7 Å². The summed E-state index contributed by atoms with van der Waals surface area (Å²) in [6.45, 7) is -1.26. The number of carboxylic acid groups (broad SMARTS) is 1. The van der Waals surface area contributed by atoms with Crippen molar-refractivity contribution in [2.45, 2.75) is 87.1 Å². The summed E-state index contributed by atoms with van der Waals surface area (Å²) in [6.07, 6.45) is -14.2. The van der Waals surface area contributed by atoms with E-state index in [4.69, 9.17) is 24.1 Å². The highest BCUT2D eigenvalue weighted by Gasteiger charge is 2.50. The van der Waals surface area contributed by atoms with Crippen LogP contribution in [0.25, 0.3) is 0 Å². The van der Waals surface area contributed by atoms with E-state index in [9.17, 15) is 40.5 Å². The van der Waals surface area contributed by atoms with E-state index in [1.54, 1.807) is 0 Å². The van der Waals surface area contributed by atoms with Crippen LogP contribution in [0.15, 0.2) is 0 Å². The third kappa shape index (κ3) is 8.35. The highest BCUT2D eigenvalue weighted by molar-refractivity contribution is 5.67. The molecule has 0 spiro atoms. The van der Waals surface area contributed by atoms with Gasteiger partial charge in [-0.15, -0.1) is 0 Å². The largest absolute Gasteiger partial charge is 0.481 e. The lowest BCUT2D eigenvalue weighted by Gasteiger charge is -2.45. The van der Waals surface area contributed by atoms with Gasteiger partial charge < -0.3 is 59.8 Å². The summed E-state index contributed by atoms with van der Waals surface area (Å²) in [7, 11) is 0. The fraction of sp³-hybridized carbons (Fsp3) is 0.773. The molecule has 198 valence electrons. The summed E-state index contributed by atoms with van der Waals surface area (Å²) in [5.74, 6) is 9.56. The Morgan fingerprint density at radius 2 is 1.34 bits per heavy atom. The van der Waals surface area contributed by atoms with Crippen LogP contribution >= 0.6 is 0 Å². The van der Waals surface area contributed by atoms with E-state index in [2.05, 4.69) is 23.7 Å². The van der Waals surface area contributed by atoms with Gasteiger partial charge in [-0.2, -0.15) is 0 Å². The molecule has 13 heteroatoms. The third-order valence-electron chi connectivity index (χ3n) is 5.40. The molecule has 0 unspecified atom stereocenters. The summed E-state index contributed by atoms with van der Waals surface area (Å²) in [4.78, 5) is 10.4. The van der Waals surface area contributed by atoms with Crippen molar-refractivity contribution >= 4 is 5.97 Å². The minimum Gasteiger partial charge on any atom is -0.481 e. The van der Waals surface area contributed by atoms with Gasteiger partial charge in [0, 0.05) is 12.8 Å². The van der Waals surface area contributed by atoms with E-state index in [0.29, 0.717) is 12.8 Å². The maximum absolute atomic E-state index is 10.5. The van der Waals surface area contributed by atoms with Gasteiger partial charge in [0.05, 0.1) is 26.2 Å². The number of hydrogen-bond donors (Lipinski definition) is 8. The molecule has 2 saturated heterocycles. The first-order chi connectivity index (χ1) is 16.7. The van der Waals surface area contributed by atoms with Crippen LogP contribution in [0.4, 0.5) is 0 Å². The molecule has 0 radical (unpaired) electrons. The number of aliphatic hydroxyl groups is 7. The number of ether oxygens (including phenoxy) is 4. The topological polar surface area (TPSA) is 216 Å². The predicted molar refractivity (Wildman–Crippen MR) is 114 cm³/mol. The molecule has 0 saturated carbocycles. The van der Waals surface area contributed by atoms with E-state index in [1.165, 1.54) is 0 Å². The third-order valence-corrected chi connectivity index (χ3v) is 5.40. The summed E-state index contributed by atoms with van der Waals surface area (Å²) >= 11 is 0. The van der Waals surface area contributed by atoms with E-state index >= 15 is 0 Å². The van der Waals surface area contributed by atoms with Gasteiger partial charge in [-0.3, -0.25) is 4.79 Å². The molecule has 0 aromatic rings. The van der Waals surface area contributed by atoms with Crippen molar-refractivity contribution in [2.75, 3.05) is 19.8 Å². The Bertz CT molecular complexity index is 782. The van der Waals surface area contributed by atoms with Gasteiger partial charge in [0.15, 0.2) is 12.6 Å². The van der Waals surface area contributed by atoms with Gasteiger partial charge in [0.25, 0.3) is 0 Å². The summed E-state index contributed by atoms with van der Waals surface area (Å²) < 4.78 is 21.9. The number of aliphatic carboxylic acids is 1. The maximum Gasteiger partial charge on any atom is 0.304 e. The fourth-order valence-electron chi connectivity index (χ4n) is 3.41. The first-order valence-corrected chi connectivity index (χ1v) is 11.1. The first-order valence-electron chi connectivity index (χ1n) is 11.1. The minimum absolute atomic E-state index is 0.0568. The van der Waals surface area contributed by atoms with Crippen LogP contribution in [0.2, 0.25) is 0 Å². The monoisotopic (exact) mass is 504 g/mol. The van der Waals surface area contributed by atoms with Gasteiger partial charge in [-0.1, -0.05) is 11.8 Å². The van der Waals surface area contributed by atoms with Gasteiger partial charge in [0.1, 0.15) is 48.8 Å². The Balaban J connectivity index is 1.96. The quantitative estimate of drug-likeness (QED) is 0.106. The van der Waals surface area contributed by atoms with Gasteiger partial charge in [0.2, 0.25) is 0 Å². The molecule has 35 heavy (non-hydrogen) atoms. The molecule has 10 atom stereocenters. The summed E-state index contributed by atoms with van der Waals surface area (Å²) in [5, 5.41) is 78.1. The van der Waals surface area contributed by atoms with Crippen molar-refractivity contribution < 1.29 is 64.6 Å². The molecule has 0 aromatic heterocycles. The SMILES string of the molecule is O=C(O)CCC#CC#CCCCO[C@@H]1O[C@H](CO)[C@@H](O)[C@H](O)[C@H]1O[C@@H]1O[C@H](CO)[C@@H](O)[C@H](O)[C@H]1O. The summed E-state index contributed by atoms with van der Waals surface area (Å²) in [6, 6.07) is 0. The number of carboxylic acids is 1. The molecular formula is C22H32O13. The first kappa shape index (κ1) is 29.4. The average molecular weight is 504 g/mol. The smallest absolute Gasteiger partial charge is 0.304 e. The Morgan fingerprint density at radius 3 is 1.94 bits per heavy atom. The molecule has 8 N–H and O–H groups in total. The van der Waals surface area contributed by atoms with E-state index in [1.807, 2.05) is 0 Å². The van der Waals surface area contributed by atoms with Crippen molar-refractivity contribution in [3.8, 4) is 23.7 Å². The van der Waals surface area contributed by atoms with E-state index < -0.39 is 80.6 Å². The van der Waals surface area contributed by atoms with Gasteiger partial charge >= 0.3 is 5.97 Å². The molecule has 2 aliphatic heterocycles. The van der Waals surface area contributed by atoms with Crippen LogP contribution in [0.5, 0.6) is 0 Å². The number of unbranched alkanes of at least 4 members (excludes halogenated alkanes) is 1. The summed E-state index contributed by atoms with van der Waals surface area (Å²) in [5.41, 5.74) is 0. The molecule has 2 heterocycles. The predicted octanol–water partition coefficient (Wildman–Crippen LogP) is -3.72. The second-order valence-electron chi connectivity index (χ2n) is 7.98. The van der Waals surface area contributed by atoms with Crippen LogP contribution in [-0.2, 0) is 23.7 Å². The Hall–Kier alpha value is -1.85. The highest BCUT2D eigenvalue weighted by Crippen LogP contribution is 2.29. The second-order valence-corrected chi connectivity index (χ2v) is 7.98. The van der Waals surface area contributed by atoms with Crippen molar-refractivity contribution in [3.63, 3.8) is 0 Å². The zero-order valence-electron chi connectivity index (χ0n) is 18.8. The maximum atomic E-state index is 10.5. The molecule has 0 aliphatic carbocycles. The van der Waals surface area contributed by atoms with Crippen molar-refractivity contribution in [3.05, 3.63) is 0 Å². The van der Waals surface area contributed by atoms with Crippen molar-refractivity contribution in [1.82, 2.24) is 0 Å². The molecule has 0 bridgehead atoms. The van der Waals surface area contributed by atoms with Gasteiger partial charge in [-0.05, 0) is 18.3 Å². The molecule has 0 amide bonds. The molecule has 2 rings (SSSR count). The molecule has 13 nitrogen and oxygen atoms in total. The zero-order chi connectivity index (χ0) is 26.0. The standard InChI is InChI=1S/C22H32O13/c23-10-12-15(27)17(29)19(31)21(33-12)35-20-18(30)16(28)13(11-24)34-22(20)32-9-7-5-3-1-2-4-6-8-14(25)26/h12-13,15-24,27-31H,5-11H2,(H,25,26)/t12-,13-,15-,16-,17+,18+,19-,20-,21+,22-/m1/s1. The lowest BCUT2D eigenvalue weighted by Crippen LogP contribution is -2.64.